The van der Waals surface area contributed by atoms with E-state index >= 15 is 0 Å². The lowest BCUT2D eigenvalue weighted by molar-refractivity contribution is 1.61. The number of allylic oxidation sites excluding steroid dienone is 4. The topological polar surface area (TPSA) is 0 Å². The van der Waals surface area contributed by atoms with Gasteiger partial charge in [-0.25, -0.2) is 0 Å². The van der Waals surface area contributed by atoms with Gasteiger partial charge in [-0.3, -0.25) is 0 Å². The molecule has 0 saturated carbocycles. The van der Waals surface area contributed by atoms with Crippen molar-refractivity contribution < 1.29 is 0 Å². The number of thiol groups is 3. The maximum atomic E-state index is 4.60. The first-order chi connectivity index (χ1) is 18.1. The van der Waals surface area contributed by atoms with E-state index in [4.69, 9.17) is 0 Å². The molecule has 0 saturated heterocycles. The van der Waals surface area contributed by atoms with Crippen LogP contribution >= 0.6 is 179 Å². The van der Waals surface area contributed by atoms with Crippen molar-refractivity contribution in [3.8, 4) is 0 Å². The van der Waals surface area contributed by atoms with Crippen LogP contribution in [0.5, 0.6) is 0 Å². The summed E-state index contributed by atoms with van der Waals surface area (Å²) in [7, 11) is 0. The molecule has 0 nitrogen and oxygen atoms in total. The molecule has 0 N–H and O–H groups in total. The van der Waals surface area contributed by atoms with Crippen molar-refractivity contribution in [2.75, 3.05) is 34.9 Å². The summed E-state index contributed by atoms with van der Waals surface area (Å²) >= 11 is 36.0. The van der Waals surface area contributed by atoms with E-state index in [0.29, 0.717) is 0 Å². The Morgan fingerprint density at radius 2 is 1.08 bits per heavy atom. The largest absolute Gasteiger partial charge is 0.174 e. The fourth-order valence-corrected chi connectivity index (χ4v) is 19.3. The molecule has 0 amide bonds. The minimum atomic E-state index is 0.788. The molecule has 0 aliphatic carbocycles. The van der Waals surface area contributed by atoms with E-state index in [1.165, 1.54) is 48.6 Å². The van der Waals surface area contributed by atoms with Gasteiger partial charge in [-0.15, -0.1) is 47.0 Å². The molecule has 0 aromatic rings. The van der Waals surface area contributed by atoms with Crippen molar-refractivity contribution in [2.45, 2.75) is 0 Å². The first kappa shape index (κ1) is 33.1. The molecule has 37 heavy (non-hydrogen) atoms. The van der Waals surface area contributed by atoms with Crippen LogP contribution in [0.2, 0.25) is 0 Å². The molecule has 4 rings (SSSR count). The second-order valence-electron chi connectivity index (χ2n) is 6.63. The van der Waals surface area contributed by atoms with Gasteiger partial charge in [0.25, 0.3) is 0 Å². The summed E-state index contributed by atoms with van der Waals surface area (Å²) in [5, 5.41) is 3.29. The molecular formula is C22H22S15. The lowest BCUT2D eigenvalue weighted by Gasteiger charge is -2.03. The number of hydrogen-bond donors (Lipinski definition) is 3. The molecule has 4 aliphatic heterocycles. The minimum absolute atomic E-state index is 0.788. The van der Waals surface area contributed by atoms with Gasteiger partial charge < -0.3 is 0 Å². The summed E-state index contributed by atoms with van der Waals surface area (Å²) < 4.78 is 11.0. The second kappa shape index (κ2) is 17.5. The predicted octanol–water partition coefficient (Wildman–Crippen LogP) is 12.5. The maximum Gasteiger partial charge on any atom is 0.0657 e. The summed E-state index contributed by atoms with van der Waals surface area (Å²) in [6.45, 7) is 0. The Kier molecular flexibility index (Phi) is 15.6. The highest BCUT2D eigenvalue weighted by Gasteiger charge is 2.23. The molecule has 200 valence electrons. The molecule has 15 heteroatoms. The number of hydrogen-bond acceptors (Lipinski definition) is 15. The van der Waals surface area contributed by atoms with Gasteiger partial charge in [-0.2, -0.15) is 37.9 Å². The van der Waals surface area contributed by atoms with Crippen molar-refractivity contribution in [1.29, 1.82) is 0 Å². The van der Waals surface area contributed by atoms with Crippen molar-refractivity contribution in [1.82, 2.24) is 0 Å². The standard InChI is InChI=1S/C22H22S15/c1-26-21-22(27-2)37-18(36-21)6-5-17-33-14(9-25)20(35-17)30-11-29-19-10-28-15(34-19)3-4-16-31-12(7-23)13(8-24)32-16/h3-6,10,23-25H,7-9,11H2,1-2H3. The van der Waals surface area contributed by atoms with E-state index in [-0.39, 0.29) is 0 Å². The first-order valence-electron chi connectivity index (χ1n) is 10.4. The van der Waals surface area contributed by atoms with E-state index in [1.54, 1.807) is 0 Å². The summed E-state index contributed by atoms with van der Waals surface area (Å²) in [5.74, 6) is 2.37. The molecule has 0 aromatic carbocycles. The summed E-state index contributed by atoms with van der Waals surface area (Å²) in [6.07, 6.45) is 13.4. The quantitative estimate of drug-likeness (QED) is 0.135. The van der Waals surface area contributed by atoms with Gasteiger partial charge in [0.2, 0.25) is 0 Å². The molecule has 4 aliphatic rings. The SMILES string of the molecule is CSC1=C(SC)SC(=CC=C2SC(CS)=C(SCSC3=CSC(=CC=C4SC(CS)=C(CS)S4)S3)S2)S1. The number of rotatable bonds is 11. The smallest absolute Gasteiger partial charge is 0.0657 e. The molecule has 4 heterocycles. The normalized spacial score (nSPS) is 22.6. The highest BCUT2D eigenvalue weighted by Crippen LogP contribution is 2.58. The molecule has 0 spiro atoms. The average Bonchev–Trinajstić information content (AvgIpc) is 3.71. The third kappa shape index (κ3) is 9.84. The molecule has 0 fully saturated rings. The Morgan fingerprint density at radius 1 is 0.595 bits per heavy atom. The van der Waals surface area contributed by atoms with E-state index in [9.17, 15) is 0 Å². The van der Waals surface area contributed by atoms with Gasteiger partial charge in [-0.05, 0) is 42.2 Å². The fourth-order valence-electron chi connectivity index (χ4n) is 2.70. The Labute approximate surface area is 288 Å². The zero-order valence-corrected chi connectivity index (χ0v) is 31.9. The van der Waals surface area contributed by atoms with Crippen LogP contribution in [0.3, 0.4) is 0 Å². The molecular weight excluding hydrogens is 745 g/mol. The fraction of sp³-hybridized carbons (Fsp3) is 0.273. The zero-order valence-electron chi connectivity index (χ0n) is 19.5. The van der Waals surface area contributed by atoms with Crippen molar-refractivity contribution in [3.63, 3.8) is 0 Å². The molecule has 0 bridgehead atoms. The van der Waals surface area contributed by atoms with E-state index < -0.39 is 0 Å². The summed E-state index contributed by atoms with van der Waals surface area (Å²) in [6, 6.07) is 0. The third-order valence-corrected chi connectivity index (χ3v) is 21.4. The summed E-state index contributed by atoms with van der Waals surface area (Å²) in [4.78, 5) is 4.04. The van der Waals surface area contributed by atoms with E-state index in [1.807, 2.05) is 141 Å². The van der Waals surface area contributed by atoms with Crippen LogP contribution in [0.15, 0.2) is 78.3 Å². The van der Waals surface area contributed by atoms with Gasteiger partial charge >= 0.3 is 0 Å². The van der Waals surface area contributed by atoms with Gasteiger partial charge in [0.1, 0.15) is 0 Å². The molecule has 0 atom stereocenters. The van der Waals surface area contributed by atoms with Gasteiger partial charge in [0.15, 0.2) is 0 Å². The van der Waals surface area contributed by atoms with Gasteiger partial charge in [0.05, 0.1) is 25.4 Å². The van der Waals surface area contributed by atoms with Crippen LogP contribution in [-0.4, -0.2) is 34.9 Å². The Balaban J connectivity index is 1.22. The highest BCUT2D eigenvalue weighted by atomic mass is 32.3. The Morgan fingerprint density at radius 3 is 1.65 bits per heavy atom. The Bertz CT molecular complexity index is 1100. The van der Waals surface area contributed by atoms with Crippen LogP contribution < -0.4 is 0 Å². The second-order valence-corrected chi connectivity index (χ2v) is 22.2. The highest BCUT2D eigenvalue weighted by molar-refractivity contribution is 8.41. The predicted molar refractivity (Wildman–Crippen MR) is 211 cm³/mol. The zero-order chi connectivity index (χ0) is 26.2. The number of thioether (sulfide) groups is 12. The van der Waals surface area contributed by atoms with Crippen molar-refractivity contribution >= 4 is 179 Å². The minimum Gasteiger partial charge on any atom is -0.174 e. The first-order valence-corrected chi connectivity index (χ1v) is 23.3. The lowest BCUT2D eigenvalue weighted by atomic mass is 10.6. The average molecular weight is 767 g/mol. The molecule has 0 aromatic heterocycles. The van der Waals surface area contributed by atoms with Gasteiger partial charge in [0, 0.05) is 45.5 Å². The van der Waals surface area contributed by atoms with Crippen LogP contribution in [0.1, 0.15) is 0 Å². The van der Waals surface area contributed by atoms with Crippen molar-refractivity contribution in [2.24, 2.45) is 0 Å². The monoisotopic (exact) mass is 766 g/mol. The van der Waals surface area contributed by atoms with E-state index in [2.05, 4.69) is 80.1 Å². The van der Waals surface area contributed by atoms with Crippen LogP contribution in [0, 0.1) is 0 Å². The van der Waals surface area contributed by atoms with Crippen LogP contribution in [-0.2, 0) is 0 Å². The molecule has 0 radical (unpaired) electrons. The van der Waals surface area contributed by atoms with Crippen LogP contribution in [0.4, 0.5) is 0 Å². The lowest BCUT2D eigenvalue weighted by Crippen LogP contribution is -1.80. The van der Waals surface area contributed by atoms with Gasteiger partial charge in [-0.1, -0.05) is 94.1 Å². The summed E-state index contributed by atoms with van der Waals surface area (Å²) in [5.41, 5.74) is 0. The van der Waals surface area contributed by atoms with E-state index in [0.717, 1.165) is 22.3 Å². The Hall–Kier alpha value is 3.17. The van der Waals surface area contributed by atoms with Crippen molar-refractivity contribution in [3.05, 3.63) is 78.3 Å². The molecule has 0 unspecified atom stereocenters. The van der Waals surface area contributed by atoms with Crippen LogP contribution in [0.25, 0.3) is 0 Å². The third-order valence-electron chi connectivity index (χ3n) is 4.33. The maximum absolute atomic E-state index is 4.60.